The highest BCUT2D eigenvalue weighted by Crippen LogP contribution is 2.59. The van der Waals surface area contributed by atoms with Crippen molar-refractivity contribution in [3.8, 4) is 0 Å². The fraction of sp³-hybridized carbons (Fsp3) is 1.00. The number of alkyl halides is 2. The molecular weight excluding hydrogens is 416 g/mol. The van der Waals surface area contributed by atoms with E-state index in [1.165, 1.54) is 57.8 Å². The molecular formula is C19H36Br2N2. The van der Waals surface area contributed by atoms with Crippen molar-refractivity contribution in [3.05, 3.63) is 0 Å². The summed E-state index contributed by atoms with van der Waals surface area (Å²) < 4.78 is 0. The highest BCUT2D eigenvalue weighted by atomic mass is 79.9. The van der Waals surface area contributed by atoms with Gasteiger partial charge in [-0.3, -0.25) is 0 Å². The highest BCUT2D eigenvalue weighted by molar-refractivity contribution is 9.09. The molecule has 2 rings (SSSR count). The maximum atomic E-state index is 7.01. The first kappa shape index (κ1) is 20.2. The van der Waals surface area contributed by atoms with Crippen molar-refractivity contribution in [2.45, 2.75) is 95.6 Å². The van der Waals surface area contributed by atoms with Gasteiger partial charge in [-0.2, -0.15) is 0 Å². The molecule has 0 spiro atoms. The Morgan fingerprint density at radius 3 is 1.35 bits per heavy atom. The van der Waals surface area contributed by atoms with Crippen LogP contribution in [-0.4, -0.2) is 21.7 Å². The number of nitrogens with two attached hydrogens (primary N) is 2. The Bertz CT molecular complexity index is 369. The fourth-order valence-electron chi connectivity index (χ4n) is 5.74. The van der Waals surface area contributed by atoms with Crippen LogP contribution >= 0.6 is 31.9 Å². The Hall–Kier alpha value is 0.880. The number of hydrogen-bond donors (Lipinski definition) is 2. The second-order valence-electron chi connectivity index (χ2n) is 8.44. The molecule has 0 saturated heterocycles. The van der Waals surface area contributed by atoms with Crippen LogP contribution in [0.2, 0.25) is 0 Å². The lowest BCUT2D eigenvalue weighted by molar-refractivity contribution is -0.0381. The second kappa shape index (κ2) is 7.63. The van der Waals surface area contributed by atoms with Gasteiger partial charge in [0.15, 0.2) is 0 Å². The summed E-state index contributed by atoms with van der Waals surface area (Å²) in [6.45, 7) is 4.71. The van der Waals surface area contributed by atoms with Gasteiger partial charge in [0.1, 0.15) is 0 Å². The van der Waals surface area contributed by atoms with Gasteiger partial charge in [0.25, 0.3) is 0 Å². The molecule has 4 heteroatoms. The van der Waals surface area contributed by atoms with Crippen LogP contribution in [0.4, 0.5) is 0 Å². The van der Waals surface area contributed by atoms with E-state index in [9.17, 15) is 0 Å². The molecule has 2 fully saturated rings. The van der Waals surface area contributed by atoms with Crippen LogP contribution in [0.3, 0.4) is 0 Å². The normalized spacial score (nSPS) is 45.1. The molecule has 136 valence electrons. The van der Waals surface area contributed by atoms with Gasteiger partial charge in [-0.15, -0.1) is 0 Å². The molecule has 0 bridgehead atoms. The fourth-order valence-corrected chi connectivity index (χ4v) is 7.49. The van der Waals surface area contributed by atoms with E-state index in [2.05, 4.69) is 45.7 Å². The molecule has 2 aliphatic rings. The lowest BCUT2D eigenvalue weighted by Gasteiger charge is -2.60. The molecule has 0 heterocycles. The van der Waals surface area contributed by atoms with Crippen LogP contribution in [0.25, 0.3) is 0 Å². The Balaban J connectivity index is 2.41. The lowest BCUT2D eigenvalue weighted by Crippen LogP contribution is -2.65. The average Bonchev–Trinajstić information content (AvgIpc) is 2.59. The zero-order chi connectivity index (χ0) is 17.2. The summed E-state index contributed by atoms with van der Waals surface area (Å²) in [5.74, 6) is 0. The van der Waals surface area contributed by atoms with Crippen molar-refractivity contribution in [3.63, 3.8) is 0 Å². The van der Waals surface area contributed by atoms with Gasteiger partial charge in [-0.1, -0.05) is 71.4 Å². The third kappa shape index (κ3) is 3.31. The predicted molar refractivity (Wildman–Crippen MR) is 108 cm³/mol. The molecule has 4 unspecified atom stereocenters. The van der Waals surface area contributed by atoms with Crippen molar-refractivity contribution in [2.24, 2.45) is 22.3 Å². The zero-order valence-corrected chi connectivity index (χ0v) is 18.3. The van der Waals surface area contributed by atoms with Crippen molar-refractivity contribution in [1.82, 2.24) is 0 Å². The van der Waals surface area contributed by atoms with Gasteiger partial charge in [0.2, 0.25) is 0 Å². The molecule has 23 heavy (non-hydrogen) atoms. The average molecular weight is 452 g/mol. The summed E-state index contributed by atoms with van der Waals surface area (Å²) in [7, 11) is 0. The van der Waals surface area contributed by atoms with E-state index in [0.717, 1.165) is 23.5 Å². The number of halogens is 2. The molecule has 4 atom stereocenters. The first-order chi connectivity index (χ1) is 10.9. The topological polar surface area (TPSA) is 52.0 Å². The SMILES string of the molecule is CCC1(CC2(CC)CCCCC2(N)CBr)CCCCC1(N)CBr. The molecule has 2 aliphatic carbocycles. The minimum atomic E-state index is -0.0765. The lowest BCUT2D eigenvalue weighted by atomic mass is 9.49. The van der Waals surface area contributed by atoms with Gasteiger partial charge < -0.3 is 11.5 Å². The van der Waals surface area contributed by atoms with Gasteiger partial charge in [0, 0.05) is 21.7 Å². The zero-order valence-electron chi connectivity index (χ0n) is 15.1. The third-order valence-electron chi connectivity index (χ3n) is 7.68. The first-order valence-electron chi connectivity index (χ1n) is 9.56. The van der Waals surface area contributed by atoms with Crippen LogP contribution in [0.5, 0.6) is 0 Å². The standard InChI is InChI=1S/C19H36Br2N2/c1-3-16(9-5-7-11-18(16,22)14-20)13-17(4-2)10-6-8-12-19(17,23)15-21/h3-15,22-23H2,1-2H3. The smallest absolute Gasteiger partial charge is 0.0309 e. The van der Waals surface area contributed by atoms with Gasteiger partial charge >= 0.3 is 0 Å². The molecule has 0 amide bonds. The number of hydrogen-bond acceptors (Lipinski definition) is 2. The minimum Gasteiger partial charge on any atom is -0.324 e. The Kier molecular flexibility index (Phi) is 6.70. The molecule has 2 saturated carbocycles. The quantitative estimate of drug-likeness (QED) is 0.523. The summed E-state index contributed by atoms with van der Waals surface area (Å²) >= 11 is 7.54. The van der Waals surface area contributed by atoms with E-state index in [4.69, 9.17) is 11.5 Å². The summed E-state index contributed by atoms with van der Waals surface area (Å²) in [4.78, 5) is 0. The van der Waals surface area contributed by atoms with Crippen LogP contribution in [0.1, 0.15) is 84.5 Å². The van der Waals surface area contributed by atoms with Crippen LogP contribution in [0.15, 0.2) is 0 Å². The Morgan fingerprint density at radius 2 is 1.04 bits per heavy atom. The van der Waals surface area contributed by atoms with E-state index in [-0.39, 0.29) is 21.9 Å². The van der Waals surface area contributed by atoms with Crippen molar-refractivity contribution in [2.75, 3.05) is 10.7 Å². The monoisotopic (exact) mass is 450 g/mol. The van der Waals surface area contributed by atoms with Crippen LogP contribution < -0.4 is 11.5 Å². The maximum absolute atomic E-state index is 7.01. The predicted octanol–water partition coefficient (Wildman–Crippen LogP) is 5.50. The number of rotatable bonds is 6. The Morgan fingerprint density at radius 1 is 0.696 bits per heavy atom. The van der Waals surface area contributed by atoms with Gasteiger partial charge in [-0.05, 0) is 55.8 Å². The molecule has 4 N–H and O–H groups in total. The largest absolute Gasteiger partial charge is 0.324 e. The summed E-state index contributed by atoms with van der Waals surface area (Å²) in [5, 5.41) is 1.83. The van der Waals surface area contributed by atoms with E-state index in [1.807, 2.05) is 0 Å². The molecule has 0 aromatic carbocycles. The van der Waals surface area contributed by atoms with Crippen molar-refractivity contribution < 1.29 is 0 Å². The summed E-state index contributed by atoms with van der Waals surface area (Å²) in [6.07, 6.45) is 13.6. The van der Waals surface area contributed by atoms with Crippen LogP contribution in [-0.2, 0) is 0 Å². The third-order valence-corrected chi connectivity index (χ3v) is 9.68. The molecule has 0 aliphatic heterocycles. The molecule has 0 radical (unpaired) electrons. The Labute approximate surface area is 160 Å². The second-order valence-corrected chi connectivity index (χ2v) is 9.56. The van der Waals surface area contributed by atoms with Crippen molar-refractivity contribution >= 4 is 31.9 Å². The highest BCUT2D eigenvalue weighted by Gasteiger charge is 2.57. The van der Waals surface area contributed by atoms with Gasteiger partial charge in [-0.25, -0.2) is 0 Å². The summed E-state index contributed by atoms with van der Waals surface area (Å²) in [6, 6.07) is 0. The van der Waals surface area contributed by atoms with E-state index in [1.54, 1.807) is 0 Å². The van der Waals surface area contributed by atoms with E-state index < -0.39 is 0 Å². The first-order valence-corrected chi connectivity index (χ1v) is 11.8. The van der Waals surface area contributed by atoms with Crippen LogP contribution in [0, 0.1) is 10.8 Å². The molecule has 2 nitrogen and oxygen atoms in total. The van der Waals surface area contributed by atoms with E-state index >= 15 is 0 Å². The maximum Gasteiger partial charge on any atom is 0.0309 e. The molecule has 0 aromatic heterocycles. The summed E-state index contributed by atoms with van der Waals surface area (Å²) in [5.41, 5.74) is 14.3. The van der Waals surface area contributed by atoms with E-state index in [0.29, 0.717) is 0 Å². The van der Waals surface area contributed by atoms with Gasteiger partial charge in [0.05, 0.1) is 0 Å². The molecule has 0 aromatic rings. The van der Waals surface area contributed by atoms with Crippen molar-refractivity contribution in [1.29, 1.82) is 0 Å². The minimum absolute atomic E-state index is 0.0765.